The van der Waals surface area contributed by atoms with Gasteiger partial charge in [-0.25, -0.2) is 0 Å². The van der Waals surface area contributed by atoms with E-state index in [1.807, 2.05) is 41.2 Å². The average molecular weight is 378 g/mol. The normalized spacial score (nSPS) is 14.8. The van der Waals surface area contributed by atoms with Crippen LogP contribution in [0.25, 0.3) is 0 Å². The van der Waals surface area contributed by atoms with Crippen LogP contribution in [0, 0.1) is 5.92 Å². The molecule has 144 valence electrons. The first-order chi connectivity index (χ1) is 13.7. The Kier molecular flexibility index (Phi) is 5.23. The van der Waals surface area contributed by atoms with E-state index < -0.39 is 0 Å². The van der Waals surface area contributed by atoms with Crippen LogP contribution in [0.4, 0.5) is 5.69 Å². The third-order valence-corrected chi connectivity index (χ3v) is 4.98. The summed E-state index contributed by atoms with van der Waals surface area (Å²) in [5.74, 6) is 0.129. The van der Waals surface area contributed by atoms with Crippen molar-refractivity contribution in [2.24, 2.45) is 5.92 Å². The van der Waals surface area contributed by atoms with Gasteiger partial charge in [0.15, 0.2) is 5.76 Å². The number of benzene rings is 1. The maximum absolute atomic E-state index is 12.7. The molecule has 0 radical (unpaired) electrons. The third kappa shape index (κ3) is 4.14. The number of likely N-dealkylation sites (tertiary alicyclic amines) is 1. The molecule has 1 saturated heterocycles. The van der Waals surface area contributed by atoms with Crippen molar-refractivity contribution in [3.8, 4) is 0 Å². The number of aromatic nitrogens is 2. The molecule has 1 aliphatic rings. The van der Waals surface area contributed by atoms with Crippen molar-refractivity contribution in [1.29, 1.82) is 0 Å². The largest absolute Gasteiger partial charge is 0.459 e. The summed E-state index contributed by atoms with van der Waals surface area (Å²) in [7, 11) is 0. The molecule has 1 fully saturated rings. The lowest BCUT2D eigenvalue weighted by Crippen LogP contribution is -2.41. The van der Waals surface area contributed by atoms with Crippen LogP contribution >= 0.6 is 0 Å². The number of nitrogens with zero attached hydrogens (tertiary/aromatic N) is 3. The van der Waals surface area contributed by atoms with Crippen molar-refractivity contribution >= 4 is 17.5 Å². The Balaban J connectivity index is 1.32. The highest BCUT2D eigenvalue weighted by Crippen LogP contribution is 2.21. The molecule has 0 aliphatic carbocycles. The molecule has 4 rings (SSSR count). The van der Waals surface area contributed by atoms with Crippen molar-refractivity contribution in [3.63, 3.8) is 0 Å². The van der Waals surface area contributed by atoms with Crippen molar-refractivity contribution < 1.29 is 14.0 Å². The molecule has 28 heavy (non-hydrogen) atoms. The van der Waals surface area contributed by atoms with Gasteiger partial charge in [-0.3, -0.25) is 14.3 Å². The number of nitrogens with one attached hydrogen (secondary N) is 1. The maximum Gasteiger partial charge on any atom is 0.289 e. The van der Waals surface area contributed by atoms with Crippen LogP contribution in [-0.4, -0.2) is 39.6 Å². The van der Waals surface area contributed by atoms with E-state index in [0.29, 0.717) is 38.2 Å². The first kappa shape index (κ1) is 18.0. The van der Waals surface area contributed by atoms with E-state index in [2.05, 4.69) is 10.4 Å². The predicted molar refractivity (Wildman–Crippen MR) is 104 cm³/mol. The summed E-state index contributed by atoms with van der Waals surface area (Å²) in [6.07, 6.45) is 6.43. The van der Waals surface area contributed by atoms with Gasteiger partial charge in [-0.1, -0.05) is 12.1 Å². The van der Waals surface area contributed by atoms with Crippen LogP contribution in [0.5, 0.6) is 0 Å². The van der Waals surface area contributed by atoms with Crippen LogP contribution in [0.3, 0.4) is 0 Å². The van der Waals surface area contributed by atoms with Gasteiger partial charge in [0.2, 0.25) is 5.91 Å². The van der Waals surface area contributed by atoms with Gasteiger partial charge in [0.25, 0.3) is 5.91 Å². The number of hydrogen-bond donors (Lipinski definition) is 1. The van der Waals surface area contributed by atoms with Crippen molar-refractivity contribution in [2.75, 3.05) is 18.4 Å². The average Bonchev–Trinajstić information content (AvgIpc) is 3.42. The molecule has 0 spiro atoms. The number of anilines is 1. The monoisotopic (exact) mass is 378 g/mol. The van der Waals surface area contributed by atoms with E-state index in [0.717, 1.165) is 11.3 Å². The maximum atomic E-state index is 12.7. The fourth-order valence-electron chi connectivity index (χ4n) is 3.47. The van der Waals surface area contributed by atoms with Crippen LogP contribution < -0.4 is 5.32 Å². The van der Waals surface area contributed by atoms with Crippen LogP contribution in [0.2, 0.25) is 0 Å². The minimum Gasteiger partial charge on any atom is -0.459 e. The number of piperidine rings is 1. The van der Waals surface area contributed by atoms with Gasteiger partial charge < -0.3 is 14.6 Å². The van der Waals surface area contributed by atoms with Gasteiger partial charge in [0, 0.05) is 37.1 Å². The van der Waals surface area contributed by atoms with Crippen LogP contribution in [0.15, 0.2) is 65.5 Å². The summed E-state index contributed by atoms with van der Waals surface area (Å²) >= 11 is 0. The Bertz CT molecular complexity index is 926. The van der Waals surface area contributed by atoms with Gasteiger partial charge in [-0.05, 0) is 48.7 Å². The molecule has 0 unspecified atom stereocenters. The summed E-state index contributed by atoms with van der Waals surface area (Å²) in [5, 5.41) is 7.22. The molecule has 0 bridgehead atoms. The van der Waals surface area contributed by atoms with Gasteiger partial charge in [-0.2, -0.15) is 5.10 Å². The Morgan fingerprint density at radius 1 is 1.14 bits per heavy atom. The Morgan fingerprint density at radius 2 is 2.00 bits per heavy atom. The number of carbonyl (C=O) groups excluding carboxylic acids is 2. The standard InChI is InChI=1S/C21H22N4O3/c26-20(17-7-11-24(12-8-17)21(27)19-6-2-13-28-19)23-18-5-1-4-16(14-18)15-25-10-3-9-22-25/h1-6,9-10,13-14,17H,7-8,11-12,15H2,(H,23,26). The second kappa shape index (κ2) is 8.12. The second-order valence-electron chi connectivity index (χ2n) is 6.94. The van der Waals surface area contributed by atoms with E-state index in [-0.39, 0.29) is 17.7 Å². The molecular weight excluding hydrogens is 356 g/mol. The van der Waals surface area contributed by atoms with Crippen molar-refractivity contribution in [3.05, 3.63) is 72.4 Å². The fraction of sp³-hybridized carbons (Fsp3) is 0.286. The van der Waals surface area contributed by atoms with Crippen LogP contribution in [-0.2, 0) is 11.3 Å². The highest BCUT2D eigenvalue weighted by atomic mass is 16.3. The first-order valence-electron chi connectivity index (χ1n) is 9.39. The molecule has 7 nitrogen and oxygen atoms in total. The molecule has 3 heterocycles. The molecule has 2 amide bonds. The minimum absolute atomic E-state index is 0.00124. The summed E-state index contributed by atoms with van der Waals surface area (Å²) in [6, 6.07) is 13.0. The summed E-state index contributed by atoms with van der Waals surface area (Å²) in [5.41, 5.74) is 1.85. The van der Waals surface area contributed by atoms with E-state index >= 15 is 0 Å². The lowest BCUT2D eigenvalue weighted by atomic mass is 9.95. The summed E-state index contributed by atoms with van der Waals surface area (Å²) in [6.45, 7) is 1.76. The molecule has 1 N–H and O–H groups in total. The zero-order valence-corrected chi connectivity index (χ0v) is 15.5. The third-order valence-electron chi connectivity index (χ3n) is 4.98. The molecule has 3 aromatic rings. The fourth-order valence-corrected chi connectivity index (χ4v) is 3.47. The van der Waals surface area contributed by atoms with Crippen molar-refractivity contribution in [2.45, 2.75) is 19.4 Å². The quantitative estimate of drug-likeness (QED) is 0.740. The highest BCUT2D eigenvalue weighted by Gasteiger charge is 2.28. The number of furan rings is 1. The zero-order valence-electron chi connectivity index (χ0n) is 15.5. The van der Waals surface area contributed by atoms with E-state index in [1.54, 1.807) is 23.2 Å². The van der Waals surface area contributed by atoms with E-state index in [1.165, 1.54) is 6.26 Å². The second-order valence-corrected chi connectivity index (χ2v) is 6.94. The number of amides is 2. The smallest absolute Gasteiger partial charge is 0.289 e. The SMILES string of the molecule is O=C(Nc1cccc(Cn2cccn2)c1)C1CCN(C(=O)c2ccco2)CC1. The minimum atomic E-state index is -0.116. The molecule has 1 aliphatic heterocycles. The molecule has 0 saturated carbocycles. The van der Waals surface area contributed by atoms with E-state index in [9.17, 15) is 9.59 Å². The topological polar surface area (TPSA) is 80.4 Å². The summed E-state index contributed by atoms with van der Waals surface area (Å²) in [4.78, 5) is 26.7. The number of carbonyl (C=O) groups is 2. The Labute approximate surface area is 162 Å². The predicted octanol–water partition coefficient (Wildman–Crippen LogP) is 3.02. The Hall–Kier alpha value is -3.35. The lowest BCUT2D eigenvalue weighted by molar-refractivity contribution is -0.121. The molecule has 1 aromatic carbocycles. The molecule has 2 aromatic heterocycles. The molecule has 7 heteroatoms. The van der Waals surface area contributed by atoms with Gasteiger partial charge >= 0.3 is 0 Å². The van der Waals surface area contributed by atoms with Crippen LogP contribution in [0.1, 0.15) is 29.0 Å². The first-order valence-corrected chi connectivity index (χ1v) is 9.39. The van der Waals surface area contributed by atoms with Gasteiger partial charge in [0.1, 0.15) is 0 Å². The van der Waals surface area contributed by atoms with Gasteiger partial charge in [-0.15, -0.1) is 0 Å². The van der Waals surface area contributed by atoms with Gasteiger partial charge in [0.05, 0.1) is 12.8 Å². The zero-order chi connectivity index (χ0) is 19.3. The summed E-state index contributed by atoms with van der Waals surface area (Å²) < 4.78 is 7.01. The Morgan fingerprint density at radius 3 is 2.71 bits per heavy atom. The lowest BCUT2D eigenvalue weighted by Gasteiger charge is -2.30. The number of hydrogen-bond acceptors (Lipinski definition) is 4. The van der Waals surface area contributed by atoms with E-state index in [4.69, 9.17) is 4.42 Å². The molecule has 0 atom stereocenters. The van der Waals surface area contributed by atoms with Crippen molar-refractivity contribution in [1.82, 2.24) is 14.7 Å². The molecular formula is C21H22N4O3. The highest BCUT2D eigenvalue weighted by molar-refractivity contribution is 5.94. The number of rotatable bonds is 5.